The molecule has 0 saturated heterocycles. The SMILES string of the molecule is CCc1cccc(CO/N=C(\C)c2ccc(C)c(ONC(=O)OC)c2)c1. The summed E-state index contributed by atoms with van der Waals surface area (Å²) in [5, 5.41) is 4.18. The molecular formula is C20H24N2O4. The Kier molecular flexibility index (Phi) is 7.02. The van der Waals surface area contributed by atoms with E-state index in [2.05, 4.69) is 34.4 Å². The Bertz CT molecular complexity index is 787. The number of carbonyl (C=O) groups is 1. The molecule has 0 radical (unpaired) electrons. The van der Waals surface area contributed by atoms with Crippen LogP contribution in [0.4, 0.5) is 4.79 Å². The molecule has 0 bridgehead atoms. The van der Waals surface area contributed by atoms with E-state index >= 15 is 0 Å². The van der Waals surface area contributed by atoms with E-state index in [0.717, 1.165) is 23.1 Å². The number of hydrogen-bond donors (Lipinski definition) is 1. The van der Waals surface area contributed by atoms with E-state index in [9.17, 15) is 4.79 Å². The number of oxime groups is 1. The molecule has 0 atom stereocenters. The van der Waals surface area contributed by atoms with Crippen LogP contribution in [0.1, 0.15) is 36.1 Å². The van der Waals surface area contributed by atoms with Gasteiger partial charge in [-0.3, -0.25) is 0 Å². The van der Waals surface area contributed by atoms with Gasteiger partial charge in [-0.2, -0.15) is 5.48 Å². The molecule has 0 aliphatic rings. The molecule has 2 aromatic carbocycles. The Morgan fingerprint density at radius 1 is 1.15 bits per heavy atom. The number of rotatable bonds is 7. The maximum atomic E-state index is 11.1. The molecule has 138 valence electrons. The second kappa shape index (κ2) is 9.46. The van der Waals surface area contributed by atoms with Crippen molar-refractivity contribution in [2.45, 2.75) is 33.8 Å². The Labute approximate surface area is 153 Å². The van der Waals surface area contributed by atoms with Gasteiger partial charge in [0.15, 0.2) is 5.75 Å². The molecule has 2 aromatic rings. The largest absolute Gasteiger partial charge is 0.451 e. The lowest BCUT2D eigenvalue weighted by Gasteiger charge is -2.10. The highest BCUT2D eigenvalue weighted by molar-refractivity contribution is 5.98. The highest BCUT2D eigenvalue weighted by Crippen LogP contribution is 2.19. The van der Waals surface area contributed by atoms with Gasteiger partial charge in [0.2, 0.25) is 0 Å². The van der Waals surface area contributed by atoms with Crippen LogP contribution in [0.2, 0.25) is 0 Å². The second-order valence-corrected chi connectivity index (χ2v) is 5.80. The Balaban J connectivity index is 2.02. The van der Waals surface area contributed by atoms with E-state index in [4.69, 9.17) is 9.68 Å². The standard InChI is InChI=1S/C20H24N2O4/c1-5-16-7-6-8-17(11-16)13-25-21-15(3)18-10-9-14(2)19(12-18)26-22-20(23)24-4/h6-12H,5,13H2,1-4H3,(H,22,23)/b21-15+. The number of methoxy groups -OCH3 is 1. The summed E-state index contributed by atoms with van der Waals surface area (Å²) < 4.78 is 4.48. The Morgan fingerprint density at radius 3 is 2.65 bits per heavy atom. The summed E-state index contributed by atoms with van der Waals surface area (Å²) in [6, 6.07) is 13.8. The molecule has 1 amide bonds. The summed E-state index contributed by atoms with van der Waals surface area (Å²) in [5.41, 5.74) is 6.96. The number of nitrogens with one attached hydrogen (secondary N) is 1. The van der Waals surface area contributed by atoms with Crippen molar-refractivity contribution in [1.29, 1.82) is 0 Å². The lowest BCUT2D eigenvalue weighted by atomic mass is 10.1. The maximum absolute atomic E-state index is 11.1. The zero-order valence-electron chi connectivity index (χ0n) is 15.5. The van der Waals surface area contributed by atoms with Crippen molar-refractivity contribution in [2.75, 3.05) is 7.11 Å². The van der Waals surface area contributed by atoms with Crippen LogP contribution in [0.5, 0.6) is 5.75 Å². The number of aryl methyl sites for hydroxylation is 2. The predicted molar refractivity (Wildman–Crippen MR) is 100 cm³/mol. The summed E-state index contributed by atoms with van der Waals surface area (Å²) in [6.45, 7) is 6.26. The van der Waals surface area contributed by atoms with E-state index in [-0.39, 0.29) is 0 Å². The maximum Gasteiger partial charge on any atom is 0.440 e. The van der Waals surface area contributed by atoms with E-state index in [0.29, 0.717) is 18.1 Å². The fourth-order valence-electron chi connectivity index (χ4n) is 2.27. The zero-order chi connectivity index (χ0) is 18.9. The first-order valence-corrected chi connectivity index (χ1v) is 8.39. The smallest absolute Gasteiger partial charge is 0.440 e. The number of amides is 1. The molecule has 0 unspecified atom stereocenters. The van der Waals surface area contributed by atoms with Crippen molar-refractivity contribution in [3.63, 3.8) is 0 Å². The van der Waals surface area contributed by atoms with E-state index in [1.165, 1.54) is 12.7 Å². The monoisotopic (exact) mass is 356 g/mol. The summed E-state index contributed by atoms with van der Waals surface area (Å²) in [5.74, 6) is 0.512. The number of ether oxygens (including phenoxy) is 1. The molecule has 0 aromatic heterocycles. The van der Waals surface area contributed by atoms with E-state index in [1.807, 2.05) is 38.1 Å². The predicted octanol–water partition coefficient (Wildman–Crippen LogP) is 4.15. The van der Waals surface area contributed by atoms with Gasteiger partial charge in [-0.25, -0.2) is 4.79 Å². The fraction of sp³-hybridized carbons (Fsp3) is 0.300. The molecule has 0 heterocycles. The van der Waals surface area contributed by atoms with Gasteiger partial charge in [0.25, 0.3) is 0 Å². The minimum atomic E-state index is -0.669. The number of hydrogen-bond acceptors (Lipinski definition) is 5. The summed E-state index contributed by atoms with van der Waals surface area (Å²) in [7, 11) is 1.27. The highest BCUT2D eigenvalue weighted by atomic mass is 16.7. The normalized spacial score (nSPS) is 11.0. The van der Waals surface area contributed by atoms with E-state index < -0.39 is 6.09 Å². The third-order valence-electron chi connectivity index (χ3n) is 3.87. The van der Waals surface area contributed by atoms with Gasteiger partial charge in [-0.05, 0) is 43.0 Å². The van der Waals surface area contributed by atoms with Crippen LogP contribution in [0.15, 0.2) is 47.6 Å². The molecule has 26 heavy (non-hydrogen) atoms. The summed E-state index contributed by atoms with van der Waals surface area (Å²) in [4.78, 5) is 21.9. The summed E-state index contributed by atoms with van der Waals surface area (Å²) >= 11 is 0. The lowest BCUT2D eigenvalue weighted by molar-refractivity contribution is 0.118. The fourth-order valence-corrected chi connectivity index (χ4v) is 2.27. The summed E-state index contributed by atoms with van der Waals surface area (Å²) in [6.07, 6.45) is 0.319. The molecule has 0 spiro atoms. The van der Waals surface area contributed by atoms with Crippen LogP contribution in [0.25, 0.3) is 0 Å². The van der Waals surface area contributed by atoms with Crippen LogP contribution in [0.3, 0.4) is 0 Å². The first-order chi connectivity index (χ1) is 12.5. The molecule has 1 N–H and O–H groups in total. The van der Waals surface area contributed by atoms with Crippen LogP contribution in [0, 0.1) is 6.92 Å². The van der Waals surface area contributed by atoms with Crippen LogP contribution in [-0.2, 0) is 22.6 Å². The van der Waals surface area contributed by atoms with Crippen molar-refractivity contribution in [3.8, 4) is 5.75 Å². The molecule has 0 aliphatic heterocycles. The first-order valence-electron chi connectivity index (χ1n) is 8.39. The topological polar surface area (TPSA) is 69.2 Å². The van der Waals surface area contributed by atoms with Gasteiger partial charge in [-0.15, -0.1) is 0 Å². The molecule has 6 heteroatoms. The van der Waals surface area contributed by atoms with Crippen molar-refractivity contribution < 1.29 is 19.2 Å². The number of nitrogens with zero attached hydrogens (tertiary/aromatic N) is 1. The van der Waals surface area contributed by atoms with Gasteiger partial charge in [0.05, 0.1) is 12.8 Å². The van der Waals surface area contributed by atoms with Crippen molar-refractivity contribution in [1.82, 2.24) is 5.48 Å². The van der Waals surface area contributed by atoms with Crippen LogP contribution < -0.4 is 10.3 Å². The minimum Gasteiger partial charge on any atom is -0.451 e. The third kappa shape index (κ3) is 5.51. The second-order valence-electron chi connectivity index (χ2n) is 5.80. The molecular weight excluding hydrogens is 332 g/mol. The van der Waals surface area contributed by atoms with Gasteiger partial charge in [-0.1, -0.05) is 48.5 Å². The molecule has 0 saturated carbocycles. The van der Waals surface area contributed by atoms with Gasteiger partial charge in [0.1, 0.15) is 6.61 Å². The third-order valence-corrected chi connectivity index (χ3v) is 3.87. The zero-order valence-corrected chi connectivity index (χ0v) is 15.5. The molecule has 6 nitrogen and oxygen atoms in total. The van der Waals surface area contributed by atoms with Crippen LogP contribution >= 0.6 is 0 Å². The Hall–Kier alpha value is -3.02. The van der Waals surface area contributed by atoms with Crippen molar-refractivity contribution in [2.24, 2.45) is 5.16 Å². The van der Waals surface area contributed by atoms with Gasteiger partial charge < -0.3 is 14.4 Å². The molecule has 0 aliphatic carbocycles. The van der Waals surface area contributed by atoms with Crippen LogP contribution in [-0.4, -0.2) is 18.9 Å². The highest BCUT2D eigenvalue weighted by Gasteiger charge is 2.07. The Morgan fingerprint density at radius 2 is 1.92 bits per heavy atom. The van der Waals surface area contributed by atoms with Gasteiger partial charge in [0, 0.05) is 5.56 Å². The lowest BCUT2D eigenvalue weighted by Crippen LogP contribution is -2.27. The number of hydroxylamine groups is 1. The van der Waals surface area contributed by atoms with E-state index in [1.54, 1.807) is 6.07 Å². The molecule has 2 rings (SSSR count). The van der Waals surface area contributed by atoms with Gasteiger partial charge >= 0.3 is 6.09 Å². The number of benzene rings is 2. The van der Waals surface area contributed by atoms with Crippen molar-refractivity contribution in [3.05, 3.63) is 64.7 Å². The average molecular weight is 356 g/mol. The molecule has 0 fully saturated rings. The quantitative estimate of drug-likeness (QED) is 0.598. The number of carbonyl (C=O) groups excluding carboxylic acids is 1. The average Bonchev–Trinajstić information content (AvgIpc) is 2.67. The first kappa shape index (κ1) is 19.3. The van der Waals surface area contributed by atoms with Crippen molar-refractivity contribution >= 4 is 11.8 Å². The minimum absolute atomic E-state index is 0.407.